The molecule has 1 fully saturated rings. The first-order valence-electron chi connectivity index (χ1n) is 6.36. The van der Waals surface area contributed by atoms with E-state index in [1.807, 2.05) is 27.1 Å². The lowest BCUT2D eigenvalue weighted by molar-refractivity contribution is 0.0244. The van der Waals surface area contributed by atoms with Crippen LogP contribution in [0.5, 0.6) is 0 Å². The van der Waals surface area contributed by atoms with Crippen LogP contribution < -0.4 is 4.90 Å². The van der Waals surface area contributed by atoms with Gasteiger partial charge in [0, 0.05) is 19.6 Å². The van der Waals surface area contributed by atoms with E-state index in [0.29, 0.717) is 12.3 Å². The first-order valence-corrected chi connectivity index (χ1v) is 6.36. The summed E-state index contributed by atoms with van der Waals surface area (Å²) in [6.45, 7) is 5.16. The first kappa shape index (κ1) is 13.7. The van der Waals surface area contributed by atoms with Gasteiger partial charge in [0.1, 0.15) is 6.07 Å². The van der Waals surface area contributed by atoms with Crippen LogP contribution in [0.4, 0.5) is 5.82 Å². The molecule has 6 heteroatoms. The average Bonchev–Trinajstić information content (AvgIpc) is 2.38. The molecule has 0 aliphatic carbocycles. The van der Waals surface area contributed by atoms with Crippen molar-refractivity contribution in [3.63, 3.8) is 0 Å². The average molecular weight is 261 g/mol. The van der Waals surface area contributed by atoms with Crippen molar-refractivity contribution >= 4 is 5.82 Å². The Kier molecular flexibility index (Phi) is 4.30. The van der Waals surface area contributed by atoms with Gasteiger partial charge in [-0.1, -0.05) is 0 Å². The molecule has 0 radical (unpaired) electrons. The maximum Gasteiger partial charge on any atom is 0.163 e. The van der Waals surface area contributed by atoms with E-state index in [1.165, 1.54) is 0 Å². The molecule has 0 N–H and O–H groups in total. The molecule has 0 bridgehead atoms. The minimum absolute atomic E-state index is 0.181. The second-order valence-corrected chi connectivity index (χ2v) is 5.05. The number of nitrogens with zero attached hydrogens (tertiary/aromatic N) is 5. The summed E-state index contributed by atoms with van der Waals surface area (Å²) in [5, 5.41) is 16.9. The van der Waals surface area contributed by atoms with E-state index in [0.717, 1.165) is 31.0 Å². The third-order valence-corrected chi connectivity index (χ3v) is 3.08. The number of likely N-dealkylation sites (N-methyl/N-ethyl adjacent to an activating group) is 1. The van der Waals surface area contributed by atoms with E-state index >= 15 is 0 Å². The molecule has 1 aromatic rings. The molecule has 2 heterocycles. The van der Waals surface area contributed by atoms with Crippen LogP contribution in [-0.2, 0) is 4.74 Å². The van der Waals surface area contributed by atoms with Crippen LogP contribution in [0.3, 0.4) is 0 Å². The third-order valence-electron chi connectivity index (χ3n) is 3.08. The van der Waals surface area contributed by atoms with Gasteiger partial charge in [0.2, 0.25) is 0 Å². The number of ether oxygens (including phenoxy) is 1. The smallest absolute Gasteiger partial charge is 0.163 e. The molecular weight excluding hydrogens is 242 g/mol. The zero-order valence-corrected chi connectivity index (χ0v) is 11.6. The normalized spacial score (nSPS) is 19.5. The summed E-state index contributed by atoms with van der Waals surface area (Å²) in [7, 11) is 4.07. The number of aromatic nitrogens is 2. The maximum atomic E-state index is 8.81. The van der Waals surface area contributed by atoms with Crippen LogP contribution in [0.15, 0.2) is 6.07 Å². The summed E-state index contributed by atoms with van der Waals surface area (Å²) in [5.41, 5.74) is 1.34. The van der Waals surface area contributed by atoms with E-state index in [4.69, 9.17) is 10.00 Å². The lowest BCUT2D eigenvalue weighted by atomic mass is 10.2. The molecule has 0 aromatic carbocycles. The van der Waals surface area contributed by atoms with Gasteiger partial charge >= 0.3 is 0 Å². The molecule has 6 nitrogen and oxygen atoms in total. The Balaban J connectivity index is 2.11. The fraction of sp³-hybridized carbons (Fsp3) is 0.615. The Labute approximate surface area is 113 Å². The van der Waals surface area contributed by atoms with Crippen molar-refractivity contribution in [1.82, 2.24) is 15.1 Å². The predicted octanol–water partition coefficient (Wildman–Crippen LogP) is 0.423. The van der Waals surface area contributed by atoms with Gasteiger partial charge in [0.25, 0.3) is 0 Å². The molecule has 2 rings (SSSR count). The van der Waals surface area contributed by atoms with Crippen molar-refractivity contribution in [3.8, 4) is 6.07 Å². The van der Waals surface area contributed by atoms with Gasteiger partial charge in [-0.2, -0.15) is 5.26 Å². The molecule has 1 aliphatic heterocycles. The minimum Gasteiger partial charge on any atom is -0.373 e. The summed E-state index contributed by atoms with van der Waals surface area (Å²) in [4.78, 5) is 4.30. The zero-order chi connectivity index (χ0) is 13.8. The molecule has 0 spiro atoms. The monoisotopic (exact) mass is 261 g/mol. The molecule has 1 unspecified atom stereocenters. The summed E-state index contributed by atoms with van der Waals surface area (Å²) in [6.07, 6.45) is 0.181. The summed E-state index contributed by atoms with van der Waals surface area (Å²) >= 11 is 0. The lowest BCUT2D eigenvalue weighted by Gasteiger charge is -2.35. The van der Waals surface area contributed by atoms with Gasteiger partial charge in [-0.05, 0) is 32.6 Å². The second-order valence-electron chi connectivity index (χ2n) is 5.05. The van der Waals surface area contributed by atoms with Gasteiger partial charge in [0.15, 0.2) is 11.5 Å². The number of nitriles is 1. The Hall–Kier alpha value is -1.71. The molecule has 1 atom stereocenters. The van der Waals surface area contributed by atoms with E-state index in [-0.39, 0.29) is 6.10 Å². The predicted molar refractivity (Wildman–Crippen MR) is 72.0 cm³/mol. The standard InChI is InChI=1S/C13H19N5O/c1-10-6-11(7-14)15-16-13(10)18-4-5-19-12(9-18)8-17(2)3/h6,12H,4-5,8-9H2,1-3H3. The fourth-order valence-corrected chi connectivity index (χ4v) is 2.28. The van der Waals surface area contributed by atoms with Gasteiger partial charge in [0.05, 0.1) is 12.7 Å². The number of aryl methyl sites for hydroxylation is 1. The number of hydrogen-bond donors (Lipinski definition) is 0. The van der Waals surface area contributed by atoms with Crippen molar-refractivity contribution in [2.24, 2.45) is 0 Å². The molecule has 19 heavy (non-hydrogen) atoms. The Bertz CT molecular complexity index is 482. The van der Waals surface area contributed by atoms with Gasteiger partial charge in [-0.15, -0.1) is 10.2 Å². The Morgan fingerprint density at radius 2 is 2.32 bits per heavy atom. The number of rotatable bonds is 3. The van der Waals surface area contributed by atoms with Crippen LogP contribution >= 0.6 is 0 Å². The molecule has 1 saturated heterocycles. The molecule has 1 aromatic heterocycles. The topological polar surface area (TPSA) is 65.3 Å². The molecule has 0 amide bonds. The van der Waals surface area contributed by atoms with Crippen LogP contribution in [0.2, 0.25) is 0 Å². The van der Waals surface area contributed by atoms with Crippen molar-refractivity contribution in [2.75, 3.05) is 45.2 Å². The molecular formula is C13H19N5O. The van der Waals surface area contributed by atoms with Crippen molar-refractivity contribution in [1.29, 1.82) is 5.26 Å². The highest BCUT2D eigenvalue weighted by Gasteiger charge is 2.23. The second kappa shape index (κ2) is 5.95. The van der Waals surface area contributed by atoms with Gasteiger partial charge in [-0.3, -0.25) is 0 Å². The highest BCUT2D eigenvalue weighted by molar-refractivity contribution is 5.47. The number of hydrogen-bond acceptors (Lipinski definition) is 6. The van der Waals surface area contributed by atoms with Crippen LogP contribution in [0.1, 0.15) is 11.3 Å². The highest BCUT2D eigenvalue weighted by Crippen LogP contribution is 2.19. The molecule has 102 valence electrons. The van der Waals surface area contributed by atoms with Crippen LogP contribution in [0, 0.1) is 18.3 Å². The van der Waals surface area contributed by atoms with E-state index in [1.54, 1.807) is 6.07 Å². The zero-order valence-electron chi connectivity index (χ0n) is 11.6. The molecule has 1 aliphatic rings. The van der Waals surface area contributed by atoms with E-state index in [2.05, 4.69) is 20.0 Å². The molecule has 0 saturated carbocycles. The highest BCUT2D eigenvalue weighted by atomic mass is 16.5. The van der Waals surface area contributed by atoms with Crippen molar-refractivity contribution in [2.45, 2.75) is 13.0 Å². The van der Waals surface area contributed by atoms with Crippen LogP contribution in [0.25, 0.3) is 0 Å². The maximum absolute atomic E-state index is 8.81. The van der Waals surface area contributed by atoms with Crippen LogP contribution in [-0.4, -0.2) is 61.5 Å². The Morgan fingerprint density at radius 1 is 1.53 bits per heavy atom. The largest absolute Gasteiger partial charge is 0.373 e. The van der Waals surface area contributed by atoms with Gasteiger partial charge in [-0.25, -0.2) is 0 Å². The van der Waals surface area contributed by atoms with E-state index in [9.17, 15) is 0 Å². The summed E-state index contributed by atoms with van der Waals surface area (Å²) in [6, 6.07) is 3.79. The quantitative estimate of drug-likeness (QED) is 0.786. The van der Waals surface area contributed by atoms with E-state index < -0.39 is 0 Å². The Morgan fingerprint density at radius 3 is 2.95 bits per heavy atom. The third kappa shape index (κ3) is 3.40. The lowest BCUT2D eigenvalue weighted by Crippen LogP contribution is -2.47. The van der Waals surface area contributed by atoms with Gasteiger partial charge < -0.3 is 14.5 Å². The number of morpholine rings is 1. The first-order chi connectivity index (χ1) is 9.10. The summed E-state index contributed by atoms with van der Waals surface area (Å²) in [5.74, 6) is 0.853. The number of anilines is 1. The summed E-state index contributed by atoms with van der Waals surface area (Å²) < 4.78 is 5.74. The van der Waals surface area contributed by atoms with Crippen molar-refractivity contribution in [3.05, 3.63) is 17.3 Å². The minimum atomic E-state index is 0.181. The van der Waals surface area contributed by atoms with Crippen molar-refractivity contribution < 1.29 is 4.74 Å². The fourth-order valence-electron chi connectivity index (χ4n) is 2.28. The SMILES string of the molecule is Cc1cc(C#N)nnc1N1CCOC(CN(C)C)C1.